The highest BCUT2D eigenvalue weighted by Crippen LogP contribution is 2.23. The van der Waals surface area contributed by atoms with Gasteiger partial charge >= 0.3 is 0 Å². The molecule has 6 nitrogen and oxygen atoms in total. The van der Waals surface area contributed by atoms with Crippen molar-refractivity contribution < 1.29 is 8.42 Å². The molecule has 3 N–H and O–H groups in total. The lowest BCUT2D eigenvalue weighted by atomic mass is 10.1. The van der Waals surface area contributed by atoms with Gasteiger partial charge < -0.3 is 5.73 Å². The zero-order valence-corrected chi connectivity index (χ0v) is 13.8. The summed E-state index contributed by atoms with van der Waals surface area (Å²) >= 11 is 1.25. The molecule has 0 aliphatic heterocycles. The molecule has 0 saturated heterocycles. The summed E-state index contributed by atoms with van der Waals surface area (Å²) in [6, 6.07) is 4.63. The molecule has 0 bridgehead atoms. The number of nitrogens with two attached hydrogens (primary N) is 1. The maximum absolute atomic E-state index is 12.3. The number of anilines is 2. The van der Waals surface area contributed by atoms with Crippen molar-refractivity contribution in [2.75, 3.05) is 10.5 Å². The fraction of sp³-hybridized carbons (Fsp3) is 0.385. The van der Waals surface area contributed by atoms with Crippen molar-refractivity contribution >= 4 is 32.2 Å². The molecule has 21 heavy (non-hydrogen) atoms. The Morgan fingerprint density at radius 1 is 1.33 bits per heavy atom. The van der Waals surface area contributed by atoms with Gasteiger partial charge in [-0.3, -0.25) is 4.72 Å². The van der Waals surface area contributed by atoms with Crippen molar-refractivity contribution in [1.82, 2.24) is 10.2 Å². The van der Waals surface area contributed by atoms with Crippen LogP contribution >= 0.6 is 11.3 Å². The van der Waals surface area contributed by atoms with Gasteiger partial charge in [0.05, 0.1) is 4.90 Å². The van der Waals surface area contributed by atoms with E-state index in [0.717, 1.165) is 17.0 Å². The summed E-state index contributed by atoms with van der Waals surface area (Å²) in [7, 11) is -3.69. The highest BCUT2D eigenvalue weighted by molar-refractivity contribution is 7.93. The highest BCUT2D eigenvalue weighted by Gasteiger charge is 2.17. The van der Waals surface area contributed by atoms with Gasteiger partial charge in [0, 0.05) is 12.1 Å². The third-order valence-electron chi connectivity index (χ3n) is 2.83. The topological polar surface area (TPSA) is 98.0 Å². The summed E-state index contributed by atoms with van der Waals surface area (Å²) in [5.74, 6) is 0.444. The number of hydrogen-bond acceptors (Lipinski definition) is 6. The van der Waals surface area contributed by atoms with E-state index in [1.807, 2.05) is 6.92 Å². The van der Waals surface area contributed by atoms with E-state index in [1.165, 1.54) is 23.5 Å². The van der Waals surface area contributed by atoms with Crippen molar-refractivity contribution in [3.8, 4) is 0 Å². The molecule has 0 saturated carbocycles. The van der Waals surface area contributed by atoms with Gasteiger partial charge in [-0.2, -0.15) is 0 Å². The molecule has 0 unspecified atom stereocenters. The largest absolute Gasteiger partial charge is 0.398 e. The number of benzene rings is 1. The van der Waals surface area contributed by atoms with E-state index in [-0.39, 0.29) is 10.0 Å². The Morgan fingerprint density at radius 3 is 2.67 bits per heavy atom. The predicted molar refractivity (Wildman–Crippen MR) is 84.9 cm³/mol. The molecule has 2 aromatic rings. The minimum absolute atomic E-state index is 0.117. The molecule has 0 atom stereocenters. The average Bonchev–Trinajstić information content (AvgIpc) is 2.78. The van der Waals surface area contributed by atoms with Crippen LogP contribution in [0.5, 0.6) is 0 Å². The lowest BCUT2D eigenvalue weighted by Crippen LogP contribution is -2.13. The third kappa shape index (κ3) is 3.92. The minimum Gasteiger partial charge on any atom is -0.398 e. The number of nitrogen functional groups attached to an aromatic ring is 1. The molecular formula is C13H18N4O2S2. The Bertz CT molecular complexity index is 738. The molecule has 1 aromatic heterocycles. The van der Waals surface area contributed by atoms with Crippen molar-refractivity contribution in [1.29, 1.82) is 0 Å². The van der Waals surface area contributed by atoms with Gasteiger partial charge in [0.25, 0.3) is 10.0 Å². The molecule has 0 amide bonds. The molecule has 2 rings (SSSR count). The Labute approximate surface area is 128 Å². The highest BCUT2D eigenvalue weighted by atomic mass is 32.2. The van der Waals surface area contributed by atoms with Crippen LogP contribution in [0.4, 0.5) is 10.8 Å². The van der Waals surface area contributed by atoms with E-state index in [0.29, 0.717) is 11.6 Å². The Balaban J connectivity index is 2.20. The van der Waals surface area contributed by atoms with E-state index in [1.54, 1.807) is 6.07 Å². The maximum Gasteiger partial charge on any atom is 0.263 e. The van der Waals surface area contributed by atoms with Crippen LogP contribution in [0.2, 0.25) is 0 Å². The molecular weight excluding hydrogens is 308 g/mol. The normalized spacial score (nSPS) is 11.8. The van der Waals surface area contributed by atoms with Gasteiger partial charge in [-0.1, -0.05) is 31.3 Å². The van der Waals surface area contributed by atoms with Gasteiger partial charge in [0.15, 0.2) is 0 Å². The molecule has 1 aromatic carbocycles. The summed E-state index contributed by atoms with van der Waals surface area (Å²) < 4.78 is 27.0. The Hall–Kier alpha value is -1.67. The summed E-state index contributed by atoms with van der Waals surface area (Å²) in [5.41, 5.74) is 7.03. The third-order valence-corrected chi connectivity index (χ3v) is 5.16. The number of aromatic nitrogens is 2. The Kier molecular flexibility index (Phi) is 4.48. The molecule has 0 spiro atoms. The fourth-order valence-electron chi connectivity index (χ4n) is 1.69. The van der Waals surface area contributed by atoms with Crippen molar-refractivity contribution in [3.63, 3.8) is 0 Å². The van der Waals surface area contributed by atoms with Crippen LogP contribution in [0.3, 0.4) is 0 Å². The number of aryl methyl sites for hydroxylation is 1. The molecule has 1 heterocycles. The first-order valence-corrected chi connectivity index (χ1v) is 8.79. The van der Waals surface area contributed by atoms with Crippen LogP contribution in [-0.2, 0) is 16.4 Å². The monoisotopic (exact) mass is 326 g/mol. The lowest BCUT2D eigenvalue weighted by Gasteiger charge is -2.06. The number of sulfonamides is 1. The first-order chi connectivity index (χ1) is 9.78. The van der Waals surface area contributed by atoms with Crippen LogP contribution in [0.25, 0.3) is 0 Å². The van der Waals surface area contributed by atoms with Crippen LogP contribution < -0.4 is 10.5 Å². The van der Waals surface area contributed by atoms with Crippen LogP contribution in [0, 0.1) is 12.8 Å². The second kappa shape index (κ2) is 5.98. The fourth-order valence-corrected chi connectivity index (χ4v) is 3.90. The average molecular weight is 326 g/mol. The van der Waals surface area contributed by atoms with E-state index in [2.05, 4.69) is 28.8 Å². The molecule has 0 aliphatic rings. The van der Waals surface area contributed by atoms with E-state index in [4.69, 9.17) is 5.73 Å². The van der Waals surface area contributed by atoms with Crippen molar-refractivity contribution in [2.45, 2.75) is 32.1 Å². The molecule has 0 fully saturated rings. The number of hydrogen-bond donors (Lipinski definition) is 2. The summed E-state index contributed by atoms with van der Waals surface area (Å²) in [4.78, 5) is 0.117. The van der Waals surface area contributed by atoms with Gasteiger partial charge in [-0.15, -0.1) is 10.2 Å². The second-order valence-electron chi connectivity index (χ2n) is 5.22. The smallest absolute Gasteiger partial charge is 0.263 e. The van der Waals surface area contributed by atoms with Crippen molar-refractivity contribution in [2.24, 2.45) is 5.92 Å². The maximum atomic E-state index is 12.3. The molecule has 0 aliphatic carbocycles. The second-order valence-corrected chi connectivity index (χ2v) is 7.97. The van der Waals surface area contributed by atoms with Crippen LogP contribution in [0.1, 0.15) is 24.4 Å². The minimum atomic E-state index is -3.69. The molecule has 114 valence electrons. The first-order valence-electron chi connectivity index (χ1n) is 6.49. The number of nitrogens with one attached hydrogen (secondary N) is 1. The predicted octanol–water partition coefficient (Wildman–Crippen LogP) is 2.43. The lowest BCUT2D eigenvalue weighted by molar-refractivity contribution is 0.601. The van der Waals surface area contributed by atoms with Gasteiger partial charge in [0.1, 0.15) is 5.01 Å². The molecule has 8 heteroatoms. The van der Waals surface area contributed by atoms with Gasteiger partial charge in [-0.05, 0) is 30.5 Å². The summed E-state index contributed by atoms with van der Waals surface area (Å²) in [5, 5.41) is 8.93. The molecule has 0 radical (unpaired) electrons. The zero-order valence-electron chi connectivity index (χ0n) is 12.1. The van der Waals surface area contributed by atoms with Crippen molar-refractivity contribution in [3.05, 3.63) is 28.8 Å². The first kappa shape index (κ1) is 15.7. The van der Waals surface area contributed by atoms with Gasteiger partial charge in [-0.25, -0.2) is 8.42 Å². The van der Waals surface area contributed by atoms with E-state index in [9.17, 15) is 8.42 Å². The van der Waals surface area contributed by atoms with Crippen LogP contribution in [-0.4, -0.2) is 18.6 Å². The quantitative estimate of drug-likeness (QED) is 0.822. The summed E-state index contributed by atoms with van der Waals surface area (Å²) in [6.07, 6.45) is 0.775. The van der Waals surface area contributed by atoms with E-state index < -0.39 is 10.0 Å². The Morgan fingerprint density at radius 2 is 2.05 bits per heavy atom. The standard InChI is InChI=1S/C13H18N4O2S2/c1-8(2)6-12-15-16-13(20-12)17-21(18,19)10-5-4-9(3)11(14)7-10/h4-5,7-8H,6,14H2,1-3H3,(H,16,17). The van der Waals surface area contributed by atoms with E-state index >= 15 is 0 Å². The SMILES string of the molecule is Cc1ccc(S(=O)(=O)Nc2nnc(CC(C)C)s2)cc1N. The van der Waals surface area contributed by atoms with Crippen LogP contribution in [0.15, 0.2) is 23.1 Å². The van der Waals surface area contributed by atoms with Gasteiger partial charge in [0.2, 0.25) is 5.13 Å². The number of nitrogens with zero attached hydrogens (tertiary/aromatic N) is 2. The number of rotatable bonds is 5. The summed E-state index contributed by atoms with van der Waals surface area (Å²) in [6.45, 7) is 5.96. The zero-order chi connectivity index (χ0) is 15.6.